The Morgan fingerprint density at radius 1 is 1.14 bits per heavy atom. The molecule has 4 nitrogen and oxygen atoms in total. The van der Waals surface area contributed by atoms with E-state index in [0.29, 0.717) is 5.92 Å². The zero-order valence-electron chi connectivity index (χ0n) is 12.5. The van der Waals surface area contributed by atoms with Crippen LogP contribution in [0.3, 0.4) is 0 Å². The van der Waals surface area contributed by atoms with Crippen LogP contribution in [0.4, 0.5) is 0 Å². The van der Waals surface area contributed by atoms with Crippen molar-refractivity contribution in [3.8, 4) is 0 Å². The molecule has 0 amide bonds. The van der Waals surface area contributed by atoms with E-state index in [1.807, 2.05) is 0 Å². The van der Waals surface area contributed by atoms with Gasteiger partial charge in [-0.2, -0.15) is 0 Å². The van der Waals surface area contributed by atoms with Gasteiger partial charge in [-0.05, 0) is 38.8 Å². The van der Waals surface area contributed by atoms with Gasteiger partial charge in [0, 0.05) is 17.3 Å². The van der Waals surface area contributed by atoms with Crippen LogP contribution in [0.25, 0.3) is 0 Å². The number of aromatic nitrogens is 1. The molecule has 2 heterocycles. The number of hydrogen-bond acceptors (Lipinski definition) is 4. The van der Waals surface area contributed by atoms with Gasteiger partial charge in [0.1, 0.15) is 0 Å². The molecule has 1 aromatic heterocycles. The van der Waals surface area contributed by atoms with Crippen LogP contribution in [0.5, 0.6) is 0 Å². The van der Waals surface area contributed by atoms with E-state index in [-0.39, 0.29) is 5.69 Å². The first-order valence-corrected chi connectivity index (χ1v) is 9.05. The summed E-state index contributed by atoms with van der Waals surface area (Å²) < 4.78 is 0. The molecule has 0 bridgehead atoms. The SMILES string of the molecule is O=C(O)c1csc(C2CCN(C3CCCCCC3)CC2)n1. The van der Waals surface area contributed by atoms with Crippen molar-refractivity contribution in [2.75, 3.05) is 13.1 Å². The monoisotopic (exact) mass is 308 g/mol. The first kappa shape index (κ1) is 15.0. The van der Waals surface area contributed by atoms with Crippen molar-refractivity contribution in [1.82, 2.24) is 9.88 Å². The predicted molar refractivity (Wildman–Crippen MR) is 84.1 cm³/mol. The third-order valence-corrected chi connectivity index (χ3v) is 5.97. The number of carboxylic acid groups (broad SMARTS) is 1. The summed E-state index contributed by atoms with van der Waals surface area (Å²) in [5, 5.41) is 11.7. The molecule has 1 saturated carbocycles. The van der Waals surface area contributed by atoms with Crippen LogP contribution < -0.4 is 0 Å². The van der Waals surface area contributed by atoms with Gasteiger partial charge in [0.25, 0.3) is 0 Å². The number of piperidine rings is 1. The van der Waals surface area contributed by atoms with Crippen LogP contribution in [0.2, 0.25) is 0 Å². The molecule has 2 fully saturated rings. The molecule has 0 unspecified atom stereocenters. The molecule has 3 rings (SSSR count). The Morgan fingerprint density at radius 3 is 2.38 bits per heavy atom. The Kier molecular flexibility index (Phi) is 4.91. The van der Waals surface area contributed by atoms with E-state index < -0.39 is 5.97 Å². The van der Waals surface area contributed by atoms with Gasteiger partial charge in [-0.3, -0.25) is 0 Å². The minimum atomic E-state index is -0.909. The van der Waals surface area contributed by atoms with Crippen molar-refractivity contribution in [3.63, 3.8) is 0 Å². The van der Waals surface area contributed by atoms with E-state index in [0.717, 1.165) is 37.0 Å². The van der Waals surface area contributed by atoms with Crippen molar-refractivity contribution in [2.45, 2.75) is 63.3 Å². The van der Waals surface area contributed by atoms with Gasteiger partial charge in [-0.15, -0.1) is 11.3 Å². The summed E-state index contributed by atoms with van der Waals surface area (Å²) >= 11 is 1.51. The van der Waals surface area contributed by atoms with Crippen molar-refractivity contribution >= 4 is 17.3 Å². The Labute approximate surface area is 130 Å². The van der Waals surface area contributed by atoms with Crippen LogP contribution in [0, 0.1) is 0 Å². The molecule has 1 aromatic rings. The maximum Gasteiger partial charge on any atom is 0.355 e. The fourth-order valence-corrected chi connectivity index (χ4v) is 4.67. The van der Waals surface area contributed by atoms with Crippen LogP contribution >= 0.6 is 11.3 Å². The molecule has 5 heteroatoms. The first-order valence-electron chi connectivity index (χ1n) is 8.17. The number of carboxylic acids is 1. The average Bonchev–Trinajstić information content (AvgIpc) is 2.84. The minimum Gasteiger partial charge on any atom is -0.476 e. The molecule has 0 atom stereocenters. The van der Waals surface area contributed by atoms with Gasteiger partial charge in [0.05, 0.1) is 5.01 Å². The third-order valence-electron chi connectivity index (χ3n) is 4.96. The minimum absolute atomic E-state index is 0.209. The standard InChI is InChI=1S/C16H24N2O2S/c19-16(20)14-11-21-15(17-14)12-7-9-18(10-8-12)13-5-3-1-2-4-6-13/h11-13H,1-10H2,(H,19,20). The maximum absolute atomic E-state index is 10.9. The van der Waals surface area contributed by atoms with E-state index in [1.165, 1.54) is 49.9 Å². The fraction of sp³-hybridized carbons (Fsp3) is 0.750. The molecule has 21 heavy (non-hydrogen) atoms. The second-order valence-electron chi connectivity index (χ2n) is 6.33. The molecular weight excluding hydrogens is 284 g/mol. The van der Waals surface area contributed by atoms with Crippen LogP contribution in [-0.2, 0) is 0 Å². The Hall–Kier alpha value is -0.940. The molecular formula is C16H24N2O2S. The lowest BCUT2D eigenvalue weighted by Gasteiger charge is -2.36. The first-order chi connectivity index (χ1) is 10.2. The second-order valence-corrected chi connectivity index (χ2v) is 7.22. The number of likely N-dealkylation sites (tertiary alicyclic amines) is 1. The van der Waals surface area contributed by atoms with Gasteiger partial charge in [0.15, 0.2) is 5.69 Å². The lowest BCUT2D eigenvalue weighted by molar-refractivity contribution is 0.0691. The van der Waals surface area contributed by atoms with E-state index in [1.54, 1.807) is 5.38 Å². The number of hydrogen-bond donors (Lipinski definition) is 1. The number of thiazole rings is 1. The lowest BCUT2D eigenvalue weighted by atomic mass is 9.95. The molecule has 2 aliphatic rings. The highest BCUT2D eigenvalue weighted by atomic mass is 32.1. The van der Waals surface area contributed by atoms with Crippen molar-refractivity contribution in [3.05, 3.63) is 16.1 Å². The highest BCUT2D eigenvalue weighted by molar-refractivity contribution is 7.09. The van der Waals surface area contributed by atoms with E-state index in [4.69, 9.17) is 5.11 Å². The number of nitrogens with zero attached hydrogens (tertiary/aromatic N) is 2. The van der Waals surface area contributed by atoms with Gasteiger partial charge in [0.2, 0.25) is 0 Å². The molecule has 1 aliphatic carbocycles. The van der Waals surface area contributed by atoms with Crippen LogP contribution in [-0.4, -0.2) is 40.1 Å². The van der Waals surface area contributed by atoms with Crippen molar-refractivity contribution in [1.29, 1.82) is 0 Å². The molecule has 116 valence electrons. The second kappa shape index (κ2) is 6.88. The Balaban J connectivity index is 1.55. The normalized spacial score (nSPS) is 23.0. The third kappa shape index (κ3) is 3.64. The van der Waals surface area contributed by atoms with Gasteiger partial charge < -0.3 is 10.0 Å². The Morgan fingerprint density at radius 2 is 1.81 bits per heavy atom. The zero-order valence-corrected chi connectivity index (χ0v) is 13.3. The quantitative estimate of drug-likeness (QED) is 0.864. The van der Waals surface area contributed by atoms with Gasteiger partial charge >= 0.3 is 5.97 Å². The lowest BCUT2D eigenvalue weighted by Crippen LogP contribution is -2.40. The van der Waals surface area contributed by atoms with E-state index in [9.17, 15) is 4.79 Å². The smallest absolute Gasteiger partial charge is 0.355 e. The molecule has 1 aliphatic heterocycles. The summed E-state index contributed by atoms with van der Waals surface area (Å²) in [5.41, 5.74) is 0.209. The summed E-state index contributed by atoms with van der Waals surface area (Å²) in [7, 11) is 0. The number of rotatable bonds is 3. The molecule has 0 aromatic carbocycles. The summed E-state index contributed by atoms with van der Waals surface area (Å²) in [5.74, 6) is -0.446. The van der Waals surface area contributed by atoms with Gasteiger partial charge in [-0.25, -0.2) is 9.78 Å². The highest BCUT2D eigenvalue weighted by Gasteiger charge is 2.28. The Bertz CT molecular complexity index is 472. The molecule has 0 radical (unpaired) electrons. The topological polar surface area (TPSA) is 53.4 Å². The average molecular weight is 308 g/mol. The summed E-state index contributed by atoms with van der Waals surface area (Å²) in [6, 6.07) is 0.791. The van der Waals surface area contributed by atoms with E-state index >= 15 is 0 Å². The number of carbonyl (C=O) groups is 1. The van der Waals surface area contributed by atoms with Crippen molar-refractivity contribution < 1.29 is 9.90 Å². The molecule has 1 saturated heterocycles. The zero-order chi connectivity index (χ0) is 14.7. The maximum atomic E-state index is 10.9. The fourth-order valence-electron chi connectivity index (χ4n) is 3.71. The largest absolute Gasteiger partial charge is 0.476 e. The van der Waals surface area contributed by atoms with Crippen LogP contribution in [0.1, 0.15) is 72.8 Å². The van der Waals surface area contributed by atoms with Crippen molar-refractivity contribution in [2.24, 2.45) is 0 Å². The molecule has 0 spiro atoms. The van der Waals surface area contributed by atoms with Crippen LogP contribution in [0.15, 0.2) is 5.38 Å². The summed E-state index contributed by atoms with van der Waals surface area (Å²) in [4.78, 5) is 17.9. The number of aromatic carboxylic acids is 1. The van der Waals surface area contributed by atoms with E-state index in [2.05, 4.69) is 9.88 Å². The predicted octanol–water partition coefficient (Wildman–Crippen LogP) is 3.74. The molecule has 1 N–H and O–H groups in total. The summed E-state index contributed by atoms with van der Waals surface area (Å²) in [6.07, 6.45) is 10.6. The van der Waals surface area contributed by atoms with Gasteiger partial charge in [-0.1, -0.05) is 25.7 Å². The highest BCUT2D eigenvalue weighted by Crippen LogP contribution is 2.33. The summed E-state index contributed by atoms with van der Waals surface area (Å²) in [6.45, 7) is 2.30.